The summed E-state index contributed by atoms with van der Waals surface area (Å²) in [5, 5.41) is 4.99. The first-order chi connectivity index (χ1) is 7.09. The van der Waals surface area contributed by atoms with Crippen molar-refractivity contribution in [2.24, 2.45) is 5.14 Å². The number of hydrogen-bond acceptors (Lipinski definition) is 4. The van der Waals surface area contributed by atoms with Crippen LogP contribution in [0.3, 0.4) is 0 Å². The van der Waals surface area contributed by atoms with Gasteiger partial charge in [-0.15, -0.1) is 0 Å². The van der Waals surface area contributed by atoms with Gasteiger partial charge in [0.2, 0.25) is 20.0 Å². The van der Waals surface area contributed by atoms with Crippen LogP contribution >= 0.6 is 0 Å². The second-order valence-electron chi connectivity index (χ2n) is 3.40. The Morgan fingerprint density at radius 1 is 1.19 bits per heavy atom. The van der Waals surface area contributed by atoms with Gasteiger partial charge in [0.05, 0.1) is 11.2 Å². The topological polar surface area (TPSA) is 106 Å². The van der Waals surface area contributed by atoms with Crippen molar-refractivity contribution in [2.75, 3.05) is 11.0 Å². The zero-order valence-electron chi connectivity index (χ0n) is 8.76. The molecule has 0 saturated heterocycles. The Kier molecular flexibility index (Phi) is 3.27. The van der Waals surface area contributed by atoms with Gasteiger partial charge in [0.15, 0.2) is 0 Å². The molecule has 6 nitrogen and oxygen atoms in total. The maximum Gasteiger partial charge on any atom is 0.238 e. The fourth-order valence-electron chi connectivity index (χ4n) is 1.18. The van der Waals surface area contributed by atoms with Crippen molar-refractivity contribution < 1.29 is 16.8 Å². The molecule has 0 amide bonds. The monoisotopic (exact) mass is 264 g/mol. The number of anilines is 1. The summed E-state index contributed by atoms with van der Waals surface area (Å²) in [5.41, 5.74) is 0.624. The minimum atomic E-state index is -3.85. The average Bonchev–Trinajstić information content (AvgIpc) is 2.04. The zero-order valence-corrected chi connectivity index (χ0v) is 10.4. The van der Waals surface area contributed by atoms with Gasteiger partial charge in [-0.05, 0) is 24.6 Å². The van der Waals surface area contributed by atoms with E-state index >= 15 is 0 Å². The second-order valence-corrected chi connectivity index (χ2v) is 6.68. The molecule has 90 valence electrons. The van der Waals surface area contributed by atoms with Crippen LogP contribution < -0.4 is 9.86 Å². The van der Waals surface area contributed by atoms with Crippen molar-refractivity contribution in [3.05, 3.63) is 23.8 Å². The van der Waals surface area contributed by atoms with Gasteiger partial charge in [-0.2, -0.15) is 0 Å². The molecule has 0 fully saturated rings. The van der Waals surface area contributed by atoms with E-state index in [1.54, 1.807) is 6.92 Å². The molecule has 3 N–H and O–H groups in total. The summed E-state index contributed by atoms with van der Waals surface area (Å²) in [4.78, 5) is -0.0962. The summed E-state index contributed by atoms with van der Waals surface area (Å²) in [5.74, 6) is 0. The number of primary sulfonamides is 1. The smallest absolute Gasteiger partial charge is 0.238 e. The van der Waals surface area contributed by atoms with E-state index < -0.39 is 20.0 Å². The highest BCUT2D eigenvalue weighted by Gasteiger charge is 2.13. The summed E-state index contributed by atoms with van der Waals surface area (Å²) >= 11 is 0. The average molecular weight is 264 g/mol. The van der Waals surface area contributed by atoms with Crippen LogP contribution in [0, 0.1) is 6.92 Å². The Morgan fingerprint density at radius 3 is 2.19 bits per heavy atom. The predicted octanol–water partition coefficient (Wildman–Crippen LogP) is 0.0139. The number of hydrogen-bond donors (Lipinski definition) is 2. The van der Waals surface area contributed by atoms with Crippen LogP contribution in [0.15, 0.2) is 23.1 Å². The van der Waals surface area contributed by atoms with E-state index in [4.69, 9.17) is 5.14 Å². The first kappa shape index (κ1) is 12.9. The maximum atomic E-state index is 11.2. The Bertz CT molecular complexity index is 605. The van der Waals surface area contributed by atoms with Crippen LogP contribution in [-0.2, 0) is 20.0 Å². The number of benzene rings is 1. The largest absolute Gasteiger partial charge is 0.284 e. The lowest BCUT2D eigenvalue weighted by Crippen LogP contribution is -2.15. The SMILES string of the molecule is Cc1ccc(NS(C)(=O)=O)cc1S(N)(=O)=O. The molecule has 0 heterocycles. The van der Waals surface area contributed by atoms with Crippen molar-refractivity contribution in [3.63, 3.8) is 0 Å². The van der Waals surface area contributed by atoms with Gasteiger partial charge < -0.3 is 0 Å². The van der Waals surface area contributed by atoms with Gasteiger partial charge in [0, 0.05) is 5.69 Å². The van der Waals surface area contributed by atoms with E-state index in [2.05, 4.69) is 4.72 Å². The lowest BCUT2D eigenvalue weighted by molar-refractivity contribution is 0.596. The standard InChI is InChI=1S/C8H12N2O4S2/c1-6-3-4-7(10-15(2,11)12)5-8(6)16(9,13)14/h3-5,10H,1-2H3,(H2,9,13,14). The molecule has 1 rings (SSSR count). The molecule has 8 heteroatoms. The van der Waals surface area contributed by atoms with Crippen LogP contribution in [0.2, 0.25) is 0 Å². The third-order valence-electron chi connectivity index (χ3n) is 1.80. The molecule has 16 heavy (non-hydrogen) atoms. The number of rotatable bonds is 3. The highest BCUT2D eigenvalue weighted by Crippen LogP contribution is 2.19. The van der Waals surface area contributed by atoms with Crippen LogP contribution in [0.25, 0.3) is 0 Å². The van der Waals surface area contributed by atoms with Gasteiger partial charge in [-0.3, -0.25) is 4.72 Å². The Hall–Kier alpha value is -1.12. The molecule has 0 saturated carbocycles. The van der Waals surface area contributed by atoms with E-state index in [0.29, 0.717) is 5.56 Å². The molecular weight excluding hydrogens is 252 g/mol. The van der Waals surface area contributed by atoms with Crippen molar-refractivity contribution in [2.45, 2.75) is 11.8 Å². The molecule has 0 unspecified atom stereocenters. The third kappa shape index (κ3) is 3.47. The van der Waals surface area contributed by atoms with Gasteiger partial charge in [0.1, 0.15) is 0 Å². The summed E-state index contributed by atoms with van der Waals surface area (Å²) in [6, 6.07) is 4.13. The zero-order chi connectivity index (χ0) is 12.6. The Balaban J connectivity index is 3.29. The van der Waals surface area contributed by atoms with Gasteiger partial charge >= 0.3 is 0 Å². The molecule has 0 aliphatic rings. The predicted molar refractivity (Wildman–Crippen MR) is 61.0 cm³/mol. The highest BCUT2D eigenvalue weighted by atomic mass is 32.2. The Labute approximate surface area is 94.6 Å². The van der Waals surface area contributed by atoms with Crippen LogP contribution in [-0.4, -0.2) is 23.1 Å². The second kappa shape index (κ2) is 4.04. The van der Waals surface area contributed by atoms with E-state index in [9.17, 15) is 16.8 Å². The van der Waals surface area contributed by atoms with Gasteiger partial charge in [-0.25, -0.2) is 22.0 Å². The molecule has 0 aliphatic heterocycles. The summed E-state index contributed by atoms with van der Waals surface area (Å²) in [6.45, 7) is 1.57. The van der Waals surface area contributed by atoms with Crippen molar-refractivity contribution >= 4 is 25.7 Å². The van der Waals surface area contributed by atoms with E-state index in [-0.39, 0.29) is 10.6 Å². The fraction of sp³-hybridized carbons (Fsp3) is 0.250. The van der Waals surface area contributed by atoms with Crippen molar-refractivity contribution in [1.29, 1.82) is 0 Å². The van der Waals surface area contributed by atoms with Crippen molar-refractivity contribution in [1.82, 2.24) is 0 Å². The van der Waals surface area contributed by atoms with Crippen molar-refractivity contribution in [3.8, 4) is 0 Å². The number of aryl methyl sites for hydroxylation is 1. The quantitative estimate of drug-likeness (QED) is 0.802. The summed E-state index contributed by atoms with van der Waals surface area (Å²) in [6.07, 6.45) is 0.976. The fourth-order valence-corrected chi connectivity index (χ4v) is 2.55. The summed E-state index contributed by atoms with van der Waals surface area (Å²) < 4.78 is 46.4. The molecule has 0 atom stereocenters. The molecule has 0 bridgehead atoms. The minimum Gasteiger partial charge on any atom is -0.284 e. The molecule has 0 aliphatic carbocycles. The third-order valence-corrected chi connectivity index (χ3v) is 3.46. The summed E-state index contributed by atoms with van der Waals surface area (Å²) in [7, 11) is -7.28. The molecule has 0 radical (unpaired) electrons. The molecule has 1 aromatic rings. The maximum absolute atomic E-state index is 11.2. The van der Waals surface area contributed by atoms with Crippen LogP contribution in [0.5, 0.6) is 0 Å². The van der Waals surface area contributed by atoms with E-state index in [0.717, 1.165) is 6.26 Å². The van der Waals surface area contributed by atoms with Gasteiger partial charge in [0.25, 0.3) is 0 Å². The molecule has 0 spiro atoms. The lowest BCUT2D eigenvalue weighted by atomic mass is 10.2. The molecule has 1 aromatic carbocycles. The van der Waals surface area contributed by atoms with E-state index in [1.165, 1.54) is 18.2 Å². The highest BCUT2D eigenvalue weighted by molar-refractivity contribution is 7.92. The molecular formula is C8H12N2O4S2. The first-order valence-corrected chi connectivity index (χ1v) is 7.64. The van der Waals surface area contributed by atoms with Crippen LogP contribution in [0.1, 0.15) is 5.56 Å². The van der Waals surface area contributed by atoms with E-state index in [1.807, 2.05) is 0 Å². The number of nitrogens with one attached hydrogen (secondary N) is 1. The van der Waals surface area contributed by atoms with Gasteiger partial charge in [-0.1, -0.05) is 6.07 Å². The lowest BCUT2D eigenvalue weighted by Gasteiger charge is -2.07. The normalized spacial score (nSPS) is 12.4. The number of sulfonamides is 2. The number of nitrogens with two attached hydrogens (primary N) is 1. The first-order valence-electron chi connectivity index (χ1n) is 4.21. The Morgan fingerprint density at radius 2 is 1.75 bits per heavy atom. The molecule has 0 aromatic heterocycles. The minimum absolute atomic E-state index is 0.0962. The van der Waals surface area contributed by atoms with Crippen LogP contribution in [0.4, 0.5) is 5.69 Å².